The van der Waals surface area contributed by atoms with Crippen molar-refractivity contribution in [1.82, 2.24) is 24.5 Å². The fourth-order valence-electron chi connectivity index (χ4n) is 3.06. The molecule has 0 saturated carbocycles. The highest BCUT2D eigenvalue weighted by molar-refractivity contribution is 7.20. The zero-order chi connectivity index (χ0) is 20.4. The lowest BCUT2D eigenvalue weighted by Crippen LogP contribution is -2.06. The molecule has 0 unspecified atom stereocenters. The molecule has 29 heavy (non-hydrogen) atoms. The van der Waals surface area contributed by atoms with Crippen LogP contribution in [0, 0.1) is 13.8 Å². The number of ether oxygens (including phenoxy) is 1. The number of rotatable bonds is 6. The lowest BCUT2D eigenvalue weighted by atomic mass is 10.2. The summed E-state index contributed by atoms with van der Waals surface area (Å²) in [6, 6.07) is 3.94. The molecule has 0 spiro atoms. The first-order valence-electron chi connectivity index (χ1n) is 9.18. The molecular weight excluding hydrogens is 388 g/mol. The minimum Gasteiger partial charge on any atom is -0.462 e. The largest absolute Gasteiger partial charge is 0.462 e. The van der Waals surface area contributed by atoms with E-state index in [1.54, 1.807) is 25.6 Å². The van der Waals surface area contributed by atoms with Crippen molar-refractivity contribution in [3.8, 4) is 5.82 Å². The van der Waals surface area contributed by atoms with E-state index in [4.69, 9.17) is 4.74 Å². The Labute approximate surface area is 171 Å². The van der Waals surface area contributed by atoms with Crippen molar-refractivity contribution in [3.63, 3.8) is 0 Å². The predicted molar refractivity (Wildman–Crippen MR) is 112 cm³/mol. The van der Waals surface area contributed by atoms with Gasteiger partial charge in [-0.05, 0) is 44.0 Å². The molecule has 4 aromatic rings. The number of hydrogen-bond donors (Lipinski definition) is 1. The molecule has 4 aromatic heterocycles. The van der Waals surface area contributed by atoms with Gasteiger partial charge in [-0.2, -0.15) is 0 Å². The van der Waals surface area contributed by atoms with Gasteiger partial charge in [0.15, 0.2) is 0 Å². The number of imidazole rings is 1. The summed E-state index contributed by atoms with van der Waals surface area (Å²) in [5, 5.41) is 4.25. The molecule has 9 heteroatoms. The summed E-state index contributed by atoms with van der Waals surface area (Å²) in [7, 11) is 0. The summed E-state index contributed by atoms with van der Waals surface area (Å²) < 4.78 is 7.03. The van der Waals surface area contributed by atoms with Crippen LogP contribution < -0.4 is 5.32 Å². The third-order valence-corrected chi connectivity index (χ3v) is 5.57. The Kier molecular flexibility index (Phi) is 5.22. The number of aryl methyl sites for hydroxylation is 2. The average molecular weight is 408 g/mol. The van der Waals surface area contributed by atoms with Gasteiger partial charge in [-0.15, -0.1) is 11.3 Å². The molecule has 0 aromatic carbocycles. The molecule has 0 fully saturated rings. The fourth-order valence-corrected chi connectivity index (χ4v) is 4.18. The molecule has 8 nitrogen and oxygen atoms in total. The number of esters is 1. The van der Waals surface area contributed by atoms with Crippen LogP contribution in [-0.2, 0) is 11.3 Å². The van der Waals surface area contributed by atoms with Crippen LogP contribution >= 0.6 is 11.3 Å². The van der Waals surface area contributed by atoms with E-state index in [0.29, 0.717) is 29.7 Å². The Balaban J connectivity index is 1.64. The van der Waals surface area contributed by atoms with Gasteiger partial charge in [0, 0.05) is 25.1 Å². The third kappa shape index (κ3) is 3.81. The highest BCUT2D eigenvalue weighted by Gasteiger charge is 2.20. The number of nitrogens with zero attached hydrogens (tertiary/aromatic N) is 5. The number of fused-ring (bicyclic) bond motifs is 1. The summed E-state index contributed by atoms with van der Waals surface area (Å²) in [6.45, 7) is 6.43. The number of pyridine rings is 1. The zero-order valence-electron chi connectivity index (χ0n) is 16.3. The predicted octanol–water partition coefficient (Wildman–Crippen LogP) is 3.68. The second-order valence-electron chi connectivity index (χ2n) is 6.42. The van der Waals surface area contributed by atoms with E-state index in [1.165, 1.54) is 11.3 Å². The third-order valence-electron chi connectivity index (χ3n) is 4.40. The summed E-state index contributed by atoms with van der Waals surface area (Å²) in [6.07, 6.45) is 7.04. The van der Waals surface area contributed by atoms with Crippen LogP contribution in [-0.4, -0.2) is 37.1 Å². The molecule has 0 saturated heterocycles. The second kappa shape index (κ2) is 7.96. The van der Waals surface area contributed by atoms with Crippen LogP contribution in [0.1, 0.15) is 33.5 Å². The Morgan fingerprint density at radius 2 is 2.14 bits per heavy atom. The molecule has 0 atom stereocenters. The van der Waals surface area contributed by atoms with Gasteiger partial charge in [0.1, 0.15) is 33.5 Å². The fraction of sp³-hybridized carbons (Fsp3) is 0.250. The maximum atomic E-state index is 12.3. The Hall–Kier alpha value is -3.33. The van der Waals surface area contributed by atoms with E-state index in [1.807, 2.05) is 36.7 Å². The summed E-state index contributed by atoms with van der Waals surface area (Å²) >= 11 is 1.34. The van der Waals surface area contributed by atoms with Crippen LogP contribution in [0.15, 0.2) is 37.1 Å². The average Bonchev–Trinajstić information content (AvgIpc) is 3.35. The molecule has 148 valence electrons. The van der Waals surface area contributed by atoms with E-state index >= 15 is 0 Å². The molecule has 0 bridgehead atoms. The van der Waals surface area contributed by atoms with Gasteiger partial charge in [0.25, 0.3) is 0 Å². The molecule has 1 N–H and O–H groups in total. The van der Waals surface area contributed by atoms with E-state index in [-0.39, 0.29) is 5.97 Å². The van der Waals surface area contributed by atoms with Gasteiger partial charge in [-0.1, -0.05) is 0 Å². The van der Waals surface area contributed by atoms with Gasteiger partial charge in [-0.3, -0.25) is 4.57 Å². The monoisotopic (exact) mass is 408 g/mol. The smallest absolute Gasteiger partial charge is 0.348 e. The van der Waals surface area contributed by atoms with Crippen molar-refractivity contribution >= 4 is 33.3 Å². The van der Waals surface area contributed by atoms with Gasteiger partial charge < -0.3 is 10.1 Å². The number of hydrogen-bond acceptors (Lipinski definition) is 8. The summed E-state index contributed by atoms with van der Waals surface area (Å²) in [5.74, 6) is 1.82. The van der Waals surface area contributed by atoms with Crippen molar-refractivity contribution in [2.75, 3.05) is 11.9 Å². The van der Waals surface area contributed by atoms with E-state index < -0.39 is 0 Å². The van der Waals surface area contributed by atoms with Crippen molar-refractivity contribution < 1.29 is 9.53 Å². The van der Waals surface area contributed by atoms with E-state index in [9.17, 15) is 4.79 Å². The molecule has 0 aliphatic carbocycles. The summed E-state index contributed by atoms with van der Waals surface area (Å²) in [5.41, 5.74) is 1.88. The molecule has 0 amide bonds. The SMILES string of the molecule is CCOC(=O)c1sc2nc(C)nc(NCc3ccnc(-n4ccnc4)c3)c2c1C. The molecule has 4 rings (SSSR count). The first-order valence-corrected chi connectivity index (χ1v) is 10.0. The standard InChI is InChI=1S/C20H20N6O2S/c1-4-28-20(27)17-12(2)16-18(24-13(3)25-19(16)29-17)23-10-14-5-6-22-15(9-14)26-8-7-21-11-26/h5-9,11H,4,10H2,1-3H3,(H,23,24,25). The number of aromatic nitrogens is 5. The van der Waals surface area contributed by atoms with Crippen molar-refractivity contribution in [2.45, 2.75) is 27.3 Å². The van der Waals surface area contributed by atoms with Crippen molar-refractivity contribution in [3.05, 3.63) is 58.9 Å². The second-order valence-corrected chi connectivity index (χ2v) is 7.42. The normalized spacial score (nSPS) is 11.0. The van der Waals surface area contributed by atoms with E-state index in [2.05, 4.69) is 25.3 Å². The Morgan fingerprint density at radius 1 is 1.28 bits per heavy atom. The highest BCUT2D eigenvalue weighted by atomic mass is 32.1. The maximum absolute atomic E-state index is 12.3. The van der Waals surface area contributed by atoms with Crippen LogP contribution in [0.2, 0.25) is 0 Å². The number of nitrogens with one attached hydrogen (secondary N) is 1. The maximum Gasteiger partial charge on any atom is 0.348 e. The van der Waals surface area contributed by atoms with Gasteiger partial charge in [-0.25, -0.2) is 24.7 Å². The van der Waals surface area contributed by atoms with Gasteiger partial charge in [0.05, 0.1) is 12.0 Å². The topological polar surface area (TPSA) is 94.8 Å². The number of thiophene rings is 1. The highest BCUT2D eigenvalue weighted by Crippen LogP contribution is 2.34. The minimum absolute atomic E-state index is 0.323. The van der Waals surface area contributed by atoms with Crippen LogP contribution in [0.5, 0.6) is 0 Å². The first-order chi connectivity index (χ1) is 14.1. The quantitative estimate of drug-likeness (QED) is 0.486. The lowest BCUT2D eigenvalue weighted by Gasteiger charge is -2.10. The van der Waals surface area contributed by atoms with Crippen LogP contribution in [0.4, 0.5) is 5.82 Å². The van der Waals surface area contributed by atoms with Crippen LogP contribution in [0.25, 0.3) is 16.0 Å². The molecule has 0 radical (unpaired) electrons. The first kappa shape index (κ1) is 19.0. The van der Waals surface area contributed by atoms with E-state index in [0.717, 1.165) is 27.2 Å². The van der Waals surface area contributed by atoms with Gasteiger partial charge in [0.2, 0.25) is 0 Å². The van der Waals surface area contributed by atoms with Gasteiger partial charge >= 0.3 is 5.97 Å². The molecule has 4 heterocycles. The molecule has 0 aliphatic rings. The zero-order valence-corrected chi connectivity index (χ0v) is 17.2. The minimum atomic E-state index is -0.323. The number of anilines is 1. The Morgan fingerprint density at radius 3 is 2.90 bits per heavy atom. The van der Waals surface area contributed by atoms with Crippen molar-refractivity contribution in [1.29, 1.82) is 0 Å². The summed E-state index contributed by atoms with van der Waals surface area (Å²) in [4.78, 5) is 31.1. The lowest BCUT2D eigenvalue weighted by molar-refractivity contribution is 0.0531. The van der Waals surface area contributed by atoms with Crippen molar-refractivity contribution in [2.24, 2.45) is 0 Å². The van der Waals surface area contributed by atoms with Crippen LogP contribution in [0.3, 0.4) is 0 Å². The molecular formula is C20H20N6O2S. The Bertz CT molecular complexity index is 1170. The number of carbonyl (C=O) groups excluding carboxylic acids is 1. The number of carbonyl (C=O) groups is 1. The molecule has 0 aliphatic heterocycles.